The van der Waals surface area contributed by atoms with Crippen LogP contribution in [0.2, 0.25) is 0 Å². The van der Waals surface area contributed by atoms with Gasteiger partial charge in [0.05, 0.1) is 34.5 Å². The molecule has 5 rings (SSSR count). The van der Waals surface area contributed by atoms with Gasteiger partial charge in [-0.25, -0.2) is 14.6 Å². The molecule has 0 saturated heterocycles. The smallest absolute Gasteiger partial charge is 0.338 e. The molecule has 8 nitrogen and oxygen atoms in total. The van der Waals surface area contributed by atoms with Crippen molar-refractivity contribution in [1.29, 1.82) is 0 Å². The van der Waals surface area contributed by atoms with Crippen LogP contribution in [0.3, 0.4) is 0 Å². The highest BCUT2D eigenvalue weighted by Gasteiger charge is 2.33. The molecule has 0 amide bonds. The Labute approximate surface area is 228 Å². The molecular weight excluding hydrogens is 514 g/mol. The lowest BCUT2D eigenvalue weighted by Crippen LogP contribution is -2.40. The van der Waals surface area contributed by atoms with Gasteiger partial charge in [-0.05, 0) is 67.8 Å². The zero-order valence-corrected chi connectivity index (χ0v) is 22.8. The molecule has 39 heavy (non-hydrogen) atoms. The largest absolute Gasteiger partial charge is 0.478 e. The number of methoxy groups -OCH3 is 1. The van der Waals surface area contributed by atoms with Crippen molar-refractivity contribution in [3.05, 3.63) is 120 Å². The van der Waals surface area contributed by atoms with E-state index in [0.29, 0.717) is 27.0 Å². The van der Waals surface area contributed by atoms with Crippen LogP contribution in [0.5, 0.6) is 0 Å². The molecule has 3 heterocycles. The number of carboxylic acids is 1. The topological polar surface area (TPSA) is 103 Å². The van der Waals surface area contributed by atoms with Crippen LogP contribution in [0.25, 0.3) is 11.8 Å². The number of ether oxygens (including phenoxy) is 1. The molecule has 0 unspecified atom stereocenters. The molecule has 0 saturated carbocycles. The second-order valence-corrected chi connectivity index (χ2v) is 10.2. The molecule has 1 N–H and O–H groups in total. The third-order valence-corrected chi connectivity index (χ3v) is 7.88. The van der Waals surface area contributed by atoms with Crippen molar-refractivity contribution in [2.45, 2.75) is 33.2 Å². The number of carboxylic acid groups (broad SMARTS) is 1. The van der Waals surface area contributed by atoms with Gasteiger partial charge in [-0.15, -0.1) is 0 Å². The number of benzene rings is 2. The summed E-state index contributed by atoms with van der Waals surface area (Å²) in [7, 11) is 1.33. The number of nitrogens with zero attached hydrogens (tertiary/aromatic N) is 3. The predicted octanol–water partition coefficient (Wildman–Crippen LogP) is 3.90. The standard InChI is InChI=1S/C30H27N3O5S/c1-5-23-25(29(37)38-4)26(19-9-7-6-8-10-19)33-27(34)24(39-30(33)31-23)16-21-15-17(2)32(18(21)3)22-13-11-20(12-14-22)28(35)36/h6-16,26H,5H2,1-4H3,(H,35,36)/b24-16-/t26-/m1/s1. The molecule has 0 fully saturated rings. The van der Waals surface area contributed by atoms with E-state index in [1.165, 1.54) is 18.4 Å². The third kappa shape index (κ3) is 4.55. The van der Waals surface area contributed by atoms with Crippen LogP contribution in [0.4, 0.5) is 0 Å². The summed E-state index contributed by atoms with van der Waals surface area (Å²) in [5.74, 6) is -1.48. The SMILES string of the molecule is CCC1=C(C(=O)OC)[C@@H](c2ccccc2)n2c(s/c(=C\c3cc(C)n(-c4ccc(C(=O)O)cc4)c3C)c2=O)=N1. The van der Waals surface area contributed by atoms with Crippen LogP contribution >= 0.6 is 11.3 Å². The lowest BCUT2D eigenvalue weighted by molar-refractivity contribution is -0.136. The maximum atomic E-state index is 13.9. The summed E-state index contributed by atoms with van der Waals surface area (Å²) in [5, 5.41) is 9.23. The Balaban J connectivity index is 1.68. The first kappa shape index (κ1) is 26.1. The highest BCUT2D eigenvalue weighted by Crippen LogP contribution is 2.31. The summed E-state index contributed by atoms with van der Waals surface area (Å²) in [5.41, 5.74) is 5.29. The minimum atomic E-state index is -0.978. The van der Waals surface area contributed by atoms with Crippen LogP contribution in [0, 0.1) is 13.8 Å². The second-order valence-electron chi connectivity index (χ2n) is 9.21. The van der Waals surface area contributed by atoms with Crippen molar-refractivity contribution in [3.8, 4) is 5.69 Å². The minimum Gasteiger partial charge on any atom is -0.478 e. The summed E-state index contributed by atoms with van der Waals surface area (Å²) < 4.78 is 9.22. The zero-order chi connectivity index (χ0) is 27.8. The summed E-state index contributed by atoms with van der Waals surface area (Å²) in [6, 6.07) is 17.5. The number of aryl methyl sites for hydroxylation is 1. The summed E-state index contributed by atoms with van der Waals surface area (Å²) in [6.07, 6.45) is 2.37. The van der Waals surface area contributed by atoms with Gasteiger partial charge < -0.3 is 14.4 Å². The van der Waals surface area contributed by atoms with Crippen LogP contribution in [-0.2, 0) is 9.53 Å². The molecule has 198 valence electrons. The number of allylic oxidation sites excluding steroid dienone is 1. The first-order valence-corrected chi connectivity index (χ1v) is 13.3. The highest BCUT2D eigenvalue weighted by molar-refractivity contribution is 7.07. The minimum absolute atomic E-state index is 0.216. The molecule has 2 aromatic carbocycles. The van der Waals surface area contributed by atoms with E-state index in [2.05, 4.69) is 0 Å². The number of aromatic carboxylic acids is 1. The van der Waals surface area contributed by atoms with Gasteiger partial charge in [-0.3, -0.25) is 9.36 Å². The molecule has 0 aliphatic carbocycles. The Morgan fingerprint density at radius 2 is 1.79 bits per heavy atom. The average molecular weight is 542 g/mol. The Bertz CT molecular complexity index is 1810. The van der Waals surface area contributed by atoms with Gasteiger partial charge >= 0.3 is 11.9 Å². The van der Waals surface area contributed by atoms with Gasteiger partial charge in [0.2, 0.25) is 0 Å². The van der Waals surface area contributed by atoms with Crippen molar-refractivity contribution < 1.29 is 19.4 Å². The normalized spacial score (nSPS) is 15.2. The van der Waals surface area contributed by atoms with Crippen molar-refractivity contribution >= 4 is 29.4 Å². The lowest BCUT2D eigenvalue weighted by Gasteiger charge is -2.25. The Morgan fingerprint density at radius 1 is 1.10 bits per heavy atom. The van der Waals surface area contributed by atoms with Crippen LogP contribution in [-0.4, -0.2) is 33.3 Å². The van der Waals surface area contributed by atoms with Crippen LogP contribution < -0.4 is 14.9 Å². The van der Waals surface area contributed by atoms with Gasteiger partial charge in [0, 0.05) is 17.1 Å². The van der Waals surface area contributed by atoms with Crippen LogP contribution in [0.1, 0.15) is 52.3 Å². The van der Waals surface area contributed by atoms with Crippen molar-refractivity contribution in [2.75, 3.05) is 7.11 Å². The third-order valence-electron chi connectivity index (χ3n) is 6.89. The monoisotopic (exact) mass is 541 g/mol. The van der Waals surface area contributed by atoms with Gasteiger partial charge in [-0.2, -0.15) is 0 Å². The summed E-state index contributed by atoms with van der Waals surface area (Å²) in [6.45, 7) is 5.84. The van der Waals surface area contributed by atoms with Gasteiger partial charge in [0.15, 0.2) is 4.80 Å². The molecule has 0 bridgehead atoms. The summed E-state index contributed by atoms with van der Waals surface area (Å²) in [4.78, 5) is 43.3. The molecule has 1 atom stereocenters. The lowest BCUT2D eigenvalue weighted by atomic mass is 9.95. The van der Waals surface area contributed by atoms with Crippen molar-refractivity contribution in [1.82, 2.24) is 9.13 Å². The second kappa shape index (κ2) is 10.3. The number of esters is 1. The Kier molecular flexibility index (Phi) is 6.93. The van der Waals surface area contributed by atoms with Gasteiger partial charge in [0.25, 0.3) is 5.56 Å². The van der Waals surface area contributed by atoms with E-state index in [4.69, 9.17) is 9.73 Å². The summed E-state index contributed by atoms with van der Waals surface area (Å²) >= 11 is 1.29. The number of carbonyl (C=O) groups excluding carboxylic acids is 1. The maximum absolute atomic E-state index is 13.9. The number of hydrogen-bond donors (Lipinski definition) is 1. The van der Waals surface area contributed by atoms with E-state index in [1.807, 2.05) is 67.8 Å². The van der Waals surface area contributed by atoms with E-state index >= 15 is 0 Å². The van der Waals surface area contributed by atoms with E-state index < -0.39 is 18.0 Å². The zero-order valence-electron chi connectivity index (χ0n) is 22.0. The fourth-order valence-electron chi connectivity index (χ4n) is 5.04. The Hall–Kier alpha value is -4.50. The van der Waals surface area contributed by atoms with Gasteiger partial charge in [0.1, 0.15) is 0 Å². The molecule has 9 heteroatoms. The number of hydrogen-bond acceptors (Lipinski definition) is 6. The fraction of sp³-hybridized carbons (Fsp3) is 0.200. The number of thiazole rings is 1. The first-order valence-electron chi connectivity index (χ1n) is 12.5. The van der Waals surface area contributed by atoms with Crippen LogP contribution in [0.15, 0.2) is 81.7 Å². The molecular formula is C30H27N3O5S. The first-order chi connectivity index (χ1) is 18.7. The number of carbonyl (C=O) groups is 2. The van der Waals surface area contributed by atoms with Crippen molar-refractivity contribution in [2.24, 2.45) is 4.99 Å². The highest BCUT2D eigenvalue weighted by atomic mass is 32.1. The molecule has 4 aromatic rings. The van der Waals surface area contributed by atoms with E-state index in [-0.39, 0.29) is 11.1 Å². The Morgan fingerprint density at radius 3 is 2.41 bits per heavy atom. The number of rotatable bonds is 6. The molecule has 0 spiro atoms. The fourth-order valence-corrected chi connectivity index (χ4v) is 6.05. The maximum Gasteiger partial charge on any atom is 0.338 e. The average Bonchev–Trinajstić information content (AvgIpc) is 3.41. The molecule has 1 aliphatic heterocycles. The van der Waals surface area contributed by atoms with E-state index in [0.717, 1.165) is 28.2 Å². The van der Waals surface area contributed by atoms with E-state index in [1.54, 1.807) is 28.8 Å². The van der Waals surface area contributed by atoms with Crippen molar-refractivity contribution in [3.63, 3.8) is 0 Å². The predicted molar refractivity (Wildman–Crippen MR) is 149 cm³/mol. The molecule has 1 aliphatic rings. The number of fused-ring (bicyclic) bond motifs is 1. The van der Waals surface area contributed by atoms with Gasteiger partial charge in [-0.1, -0.05) is 48.6 Å². The molecule has 2 aromatic heterocycles. The molecule has 0 radical (unpaired) electrons. The van der Waals surface area contributed by atoms with E-state index in [9.17, 15) is 19.5 Å². The number of aromatic nitrogens is 2. The quantitative estimate of drug-likeness (QED) is 0.373.